The van der Waals surface area contributed by atoms with Gasteiger partial charge in [-0.15, -0.1) is 22.7 Å². The number of oxazole rings is 2. The highest BCUT2D eigenvalue weighted by atomic mass is 32.1. The first-order chi connectivity index (χ1) is 58.7. The van der Waals surface area contributed by atoms with Crippen molar-refractivity contribution < 1.29 is 8.83 Å². The van der Waals surface area contributed by atoms with E-state index in [2.05, 4.69) is 311 Å². The summed E-state index contributed by atoms with van der Waals surface area (Å²) in [6, 6.07) is 95.2. The van der Waals surface area contributed by atoms with Crippen LogP contribution in [0.5, 0.6) is 0 Å². The van der Waals surface area contributed by atoms with Crippen LogP contribution in [0.1, 0.15) is 191 Å². The van der Waals surface area contributed by atoms with Gasteiger partial charge >= 0.3 is 0 Å². The van der Waals surface area contributed by atoms with Crippen molar-refractivity contribution in [2.75, 3.05) is 4.90 Å². The summed E-state index contributed by atoms with van der Waals surface area (Å²) >= 11 is 3.47. The third kappa shape index (κ3) is 28.3. The van der Waals surface area contributed by atoms with Crippen LogP contribution in [0.3, 0.4) is 0 Å². The Morgan fingerprint density at radius 1 is 0.355 bits per heavy atom. The smallest absolute Gasteiger partial charge is 0.198 e. The molecule has 2 aliphatic rings. The number of aromatic nitrogens is 8. The second-order valence-electron chi connectivity index (χ2n) is 31.5. The van der Waals surface area contributed by atoms with Gasteiger partial charge in [0, 0.05) is 125 Å². The molecule has 17 aromatic rings. The fourth-order valence-electron chi connectivity index (χ4n) is 12.5. The average Bonchev–Trinajstić information content (AvgIpc) is 1.07. The Bertz CT molecular complexity index is 5460. The molecule has 0 N–H and O–H groups in total. The van der Waals surface area contributed by atoms with Crippen molar-refractivity contribution in [1.29, 1.82) is 0 Å². The molecule has 10 heterocycles. The Hall–Kier alpha value is -12.6. The number of rotatable bonds is 12. The molecule has 618 valence electrons. The fourth-order valence-corrected chi connectivity index (χ4v) is 14.2. The number of hydrogen-bond acceptors (Lipinski definition) is 15. The number of benzene rings is 9. The van der Waals surface area contributed by atoms with Crippen LogP contribution < -0.4 is 4.90 Å². The molecule has 15 heteroatoms. The van der Waals surface area contributed by atoms with Crippen molar-refractivity contribution in [3.8, 4) is 22.3 Å². The van der Waals surface area contributed by atoms with E-state index >= 15 is 0 Å². The number of anilines is 2. The Morgan fingerprint density at radius 2 is 0.843 bits per heavy atom. The normalized spacial score (nSPS) is 11.4. The van der Waals surface area contributed by atoms with Crippen LogP contribution >= 0.6 is 22.7 Å². The van der Waals surface area contributed by atoms with Crippen molar-refractivity contribution in [1.82, 2.24) is 39.9 Å². The van der Waals surface area contributed by atoms with Crippen LogP contribution in [0.15, 0.2) is 347 Å². The molecule has 0 fully saturated rings. The van der Waals surface area contributed by atoms with Crippen LogP contribution in [-0.4, -0.2) is 57.8 Å². The van der Waals surface area contributed by atoms with Gasteiger partial charge in [0.2, 0.25) is 0 Å². The molecule has 0 radical (unpaired) electrons. The maximum absolute atomic E-state index is 5.52. The molecule has 19 rings (SSSR count). The zero-order valence-electron chi connectivity index (χ0n) is 72.8. The molecular weight excluding hydrogens is 1520 g/mol. The van der Waals surface area contributed by atoms with E-state index in [0.717, 1.165) is 91.3 Å². The lowest BCUT2D eigenvalue weighted by molar-refractivity contribution is 0.501. The summed E-state index contributed by atoms with van der Waals surface area (Å²) in [5.74, 6) is 4.53. The third-order valence-electron chi connectivity index (χ3n) is 19.5. The summed E-state index contributed by atoms with van der Waals surface area (Å²) in [6.45, 7) is 34.8. The van der Waals surface area contributed by atoms with Crippen molar-refractivity contribution in [3.05, 3.63) is 373 Å². The fraction of sp³-hybridized carbons (Fsp3) is 0.245. The number of hydrogen-bond donors (Lipinski definition) is 0. The van der Waals surface area contributed by atoms with Crippen molar-refractivity contribution in [2.24, 2.45) is 15.9 Å². The van der Waals surface area contributed by atoms with E-state index in [1.54, 1.807) is 35.1 Å². The Kier molecular flexibility index (Phi) is 35.5. The van der Waals surface area contributed by atoms with E-state index in [0.29, 0.717) is 47.5 Å². The average molecular weight is 1640 g/mol. The first-order valence-electron chi connectivity index (χ1n) is 41.9. The van der Waals surface area contributed by atoms with Gasteiger partial charge in [-0.2, -0.15) is 0 Å². The van der Waals surface area contributed by atoms with Crippen LogP contribution in [0, 0.1) is 5.92 Å². The van der Waals surface area contributed by atoms with Crippen molar-refractivity contribution in [2.45, 2.75) is 165 Å². The van der Waals surface area contributed by atoms with Gasteiger partial charge in [-0.1, -0.05) is 267 Å². The molecule has 8 aromatic heterocycles. The lowest BCUT2D eigenvalue weighted by Crippen LogP contribution is -2.25. The summed E-state index contributed by atoms with van der Waals surface area (Å²) in [6.07, 6.45) is 16.5. The lowest BCUT2D eigenvalue weighted by atomic mass is 9.97. The first kappa shape index (κ1) is 90.8. The van der Waals surface area contributed by atoms with Crippen LogP contribution in [-0.2, 0) is 12.8 Å². The van der Waals surface area contributed by atoms with E-state index in [1.807, 2.05) is 170 Å². The van der Waals surface area contributed by atoms with Gasteiger partial charge in [0.15, 0.2) is 23.5 Å². The Labute approximate surface area is 724 Å². The van der Waals surface area contributed by atoms with E-state index < -0.39 is 0 Å². The van der Waals surface area contributed by atoms with Gasteiger partial charge < -0.3 is 13.7 Å². The standard InChI is InChI=1S/C16H20N2.C15H17N.C12H18.C11H13N.C10H8N2.C10H11NO.C10H11NS.C8H7N.C7H5NO.C7H5NS/c1-11(2)15-7-5-13(9-17-15)14-6-8-16(12(3)4)18-10-14;1-13(2)16(14-9-5-3-6-10-14)15-11-7-4-8-12-15;1-9(2)11-5-7-12(8-6-11)10(3)4;1-8(2)11-7-9-5-3-4-6-10(9)12-11;1-3-9(7-11-5-1)10-4-2-6-12-8-10;2*1-7(2)10-11-8-5-3-4-6-9(8)12-10;1-2-4-8-7(3-1)5-6-9-8;2*1-2-4-7-6(3-1)8-5-9-7/h5-12H,1-4H3;3-13H,1-2H3;5-10H,1-4H3;3-6,8H,7H2,1-2H3;1-8H;2*3-7H,1-2H3;1-4,6H,5H2;2*1-5H. The van der Waals surface area contributed by atoms with Gasteiger partial charge in [0.1, 0.15) is 11.0 Å². The molecule has 0 atom stereocenters. The van der Waals surface area contributed by atoms with Crippen LogP contribution in [0.25, 0.3) is 64.9 Å². The van der Waals surface area contributed by atoms with Gasteiger partial charge in [-0.05, 0) is 175 Å². The molecule has 2 aliphatic heterocycles. The molecule has 0 aliphatic carbocycles. The Morgan fingerprint density at radius 3 is 1.31 bits per heavy atom. The largest absolute Gasteiger partial charge is 0.443 e. The van der Waals surface area contributed by atoms with Crippen molar-refractivity contribution >= 4 is 100.0 Å². The topological polar surface area (TPSA) is 157 Å². The molecule has 0 saturated heterocycles. The van der Waals surface area contributed by atoms with Gasteiger partial charge in [-0.25, -0.2) is 19.9 Å². The summed E-state index contributed by atoms with van der Waals surface area (Å²) in [5.41, 5.74) is 26.1. The monoisotopic (exact) mass is 1640 g/mol. The maximum Gasteiger partial charge on any atom is 0.198 e. The SMILES string of the molecule is C1=Nc2ccccc2C1.CC(C)C1=Nc2ccccc2C1.CC(C)N(c1ccccc1)c1ccccc1.CC(C)c1ccc(-c2ccc(C(C)C)nc2)cn1.CC(C)c1ccc(C(C)C)cc1.CC(C)c1nc2ccccc2o1.CC(C)c1nc2ccccc2s1.c1ccc2ocnc2c1.c1ccc2scnc2c1.c1cncc(-c2cccnc2)c1. The van der Waals surface area contributed by atoms with Crippen LogP contribution in [0.4, 0.5) is 22.7 Å². The molecule has 0 amide bonds. The number of para-hydroxylation sites is 10. The summed E-state index contributed by atoms with van der Waals surface area (Å²) < 4.78 is 13.1. The molecule has 0 saturated carbocycles. The predicted octanol–water partition coefficient (Wildman–Crippen LogP) is 30.1. The quantitative estimate of drug-likeness (QED) is 0.115. The number of fused-ring (bicyclic) bond motifs is 6. The molecule has 121 heavy (non-hydrogen) atoms. The maximum atomic E-state index is 5.52. The number of thiazole rings is 2. The number of aliphatic imine (C=N–C) groups is 2. The van der Waals surface area contributed by atoms with Gasteiger partial charge in [0.25, 0.3) is 0 Å². The van der Waals surface area contributed by atoms with E-state index in [9.17, 15) is 0 Å². The van der Waals surface area contributed by atoms with Gasteiger partial charge in [-0.3, -0.25) is 29.9 Å². The molecule has 0 spiro atoms. The summed E-state index contributed by atoms with van der Waals surface area (Å²) in [7, 11) is 0. The first-order valence-corrected chi connectivity index (χ1v) is 43.6. The van der Waals surface area contributed by atoms with Crippen molar-refractivity contribution in [3.63, 3.8) is 0 Å². The van der Waals surface area contributed by atoms with E-state index in [-0.39, 0.29) is 0 Å². The summed E-state index contributed by atoms with van der Waals surface area (Å²) in [4.78, 5) is 45.1. The highest BCUT2D eigenvalue weighted by Crippen LogP contribution is 2.32. The van der Waals surface area contributed by atoms with E-state index in [4.69, 9.17) is 8.83 Å². The van der Waals surface area contributed by atoms with E-state index in [1.165, 1.54) is 65.8 Å². The zero-order chi connectivity index (χ0) is 85.8. The molecule has 0 bridgehead atoms. The number of nitrogens with zero attached hydrogens (tertiary/aromatic N) is 11. The molecule has 9 aromatic carbocycles. The molecule has 0 unspecified atom stereocenters. The predicted molar refractivity (Wildman–Crippen MR) is 514 cm³/mol. The minimum atomic E-state index is 0.359. The minimum Gasteiger partial charge on any atom is -0.443 e. The second-order valence-corrected chi connectivity index (χ2v) is 33.5. The van der Waals surface area contributed by atoms with Crippen LogP contribution in [0.2, 0.25) is 0 Å². The summed E-state index contributed by atoms with van der Waals surface area (Å²) in [5, 5.41) is 1.23. The number of pyridine rings is 4. The minimum absolute atomic E-state index is 0.359. The lowest BCUT2D eigenvalue weighted by Gasteiger charge is -2.29. The molecule has 13 nitrogen and oxygen atoms in total. The highest BCUT2D eigenvalue weighted by Gasteiger charge is 2.17. The highest BCUT2D eigenvalue weighted by molar-refractivity contribution is 7.18. The zero-order valence-corrected chi connectivity index (χ0v) is 74.5. The second kappa shape index (κ2) is 47.3. The van der Waals surface area contributed by atoms with Gasteiger partial charge in [0.05, 0.1) is 42.3 Å². The third-order valence-corrected chi connectivity index (χ3v) is 21.7. The Balaban J connectivity index is 0.000000142. The molecular formula is C106H115N11O2S2.